The van der Waals surface area contributed by atoms with E-state index in [1.54, 1.807) is 0 Å². The zero-order valence-corrected chi connectivity index (χ0v) is 13.9. The molecule has 1 saturated carbocycles. The topological polar surface area (TPSA) is 55.1 Å². The number of carbonyl (C=O) groups is 1. The summed E-state index contributed by atoms with van der Waals surface area (Å²) in [6.07, 6.45) is 6.61. The first-order valence-corrected chi connectivity index (χ1v) is 8.37. The highest BCUT2D eigenvalue weighted by molar-refractivity contribution is 5.76. The van der Waals surface area contributed by atoms with Crippen LogP contribution in [0.25, 0.3) is 0 Å². The SMILES string of the molecule is CC(C)C(CNC(=O)CC1(CN)CCCCC1)C(C)C. The van der Waals surface area contributed by atoms with Crippen LogP contribution >= 0.6 is 0 Å². The molecule has 3 nitrogen and oxygen atoms in total. The summed E-state index contributed by atoms with van der Waals surface area (Å²) < 4.78 is 0. The molecule has 0 heterocycles. The first kappa shape index (κ1) is 17.5. The molecule has 1 aliphatic rings. The summed E-state index contributed by atoms with van der Waals surface area (Å²) in [7, 11) is 0. The van der Waals surface area contributed by atoms with Crippen LogP contribution in [0.1, 0.15) is 66.2 Å². The highest BCUT2D eigenvalue weighted by Crippen LogP contribution is 2.38. The van der Waals surface area contributed by atoms with Crippen LogP contribution in [-0.4, -0.2) is 19.0 Å². The summed E-state index contributed by atoms with van der Waals surface area (Å²) in [5.74, 6) is 1.96. The van der Waals surface area contributed by atoms with Crippen molar-refractivity contribution in [3.63, 3.8) is 0 Å². The predicted molar refractivity (Wildman–Crippen MR) is 85.4 cm³/mol. The molecule has 1 amide bonds. The Kier molecular flexibility index (Phi) is 7.01. The van der Waals surface area contributed by atoms with Gasteiger partial charge in [-0.2, -0.15) is 0 Å². The van der Waals surface area contributed by atoms with E-state index in [4.69, 9.17) is 5.73 Å². The van der Waals surface area contributed by atoms with Gasteiger partial charge in [-0.15, -0.1) is 0 Å². The number of hydrogen-bond donors (Lipinski definition) is 2. The Hall–Kier alpha value is -0.570. The molecule has 0 spiro atoms. The lowest BCUT2D eigenvalue weighted by Crippen LogP contribution is -2.40. The van der Waals surface area contributed by atoms with Crippen LogP contribution in [0.5, 0.6) is 0 Å². The molecule has 0 bridgehead atoms. The molecule has 1 rings (SSSR count). The monoisotopic (exact) mass is 282 g/mol. The van der Waals surface area contributed by atoms with Crippen molar-refractivity contribution in [1.29, 1.82) is 0 Å². The van der Waals surface area contributed by atoms with Crippen molar-refractivity contribution in [2.75, 3.05) is 13.1 Å². The Morgan fingerprint density at radius 3 is 2.10 bits per heavy atom. The molecule has 0 aromatic heterocycles. The quantitative estimate of drug-likeness (QED) is 0.752. The van der Waals surface area contributed by atoms with Crippen molar-refractivity contribution in [2.24, 2.45) is 28.9 Å². The fraction of sp³-hybridized carbons (Fsp3) is 0.941. The summed E-state index contributed by atoms with van der Waals surface area (Å²) in [6.45, 7) is 10.4. The second kappa shape index (κ2) is 8.02. The van der Waals surface area contributed by atoms with E-state index in [0.29, 0.717) is 30.7 Å². The van der Waals surface area contributed by atoms with Gasteiger partial charge in [-0.05, 0) is 42.6 Å². The van der Waals surface area contributed by atoms with Gasteiger partial charge in [0.1, 0.15) is 0 Å². The van der Waals surface area contributed by atoms with E-state index in [1.165, 1.54) is 19.3 Å². The Labute approximate surface area is 125 Å². The van der Waals surface area contributed by atoms with Gasteiger partial charge in [0.15, 0.2) is 0 Å². The molecule has 0 aliphatic heterocycles. The minimum absolute atomic E-state index is 0.0769. The number of rotatable bonds is 7. The van der Waals surface area contributed by atoms with Gasteiger partial charge in [-0.1, -0.05) is 47.0 Å². The number of nitrogens with one attached hydrogen (secondary N) is 1. The molecule has 0 saturated heterocycles. The zero-order valence-electron chi connectivity index (χ0n) is 13.9. The Balaban J connectivity index is 2.46. The first-order valence-electron chi connectivity index (χ1n) is 8.37. The van der Waals surface area contributed by atoms with Gasteiger partial charge in [-0.25, -0.2) is 0 Å². The molecule has 1 aliphatic carbocycles. The zero-order chi connectivity index (χ0) is 15.2. The highest BCUT2D eigenvalue weighted by atomic mass is 16.1. The average molecular weight is 282 g/mol. The molecule has 0 aromatic carbocycles. The maximum Gasteiger partial charge on any atom is 0.220 e. The minimum Gasteiger partial charge on any atom is -0.356 e. The maximum atomic E-state index is 12.3. The Bertz CT molecular complexity index is 285. The van der Waals surface area contributed by atoms with E-state index in [9.17, 15) is 4.79 Å². The Morgan fingerprint density at radius 1 is 1.10 bits per heavy atom. The fourth-order valence-electron chi connectivity index (χ4n) is 3.63. The van der Waals surface area contributed by atoms with Gasteiger partial charge in [0.2, 0.25) is 5.91 Å². The lowest BCUT2D eigenvalue weighted by Gasteiger charge is -2.36. The third-order valence-electron chi connectivity index (χ3n) is 5.13. The van der Waals surface area contributed by atoms with Crippen LogP contribution in [0, 0.1) is 23.2 Å². The van der Waals surface area contributed by atoms with Gasteiger partial charge in [0.05, 0.1) is 0 Å². The molecule has 3 N–H and O–H groups in total. The Morgan fingerprint density at radius 2 is 1.65 bits per heavy atom. The van der Waals surface area contributed by atoms with E-state index in [-0.39, 0.29) is 11.3 Å². The smallest absolute Gasteiger partial charge is 0.220 e. The van der Waals surface area contributed by atoms with Gasteiger partial charge >= 0.3 is 0 Å². The second-order valence-corrected chi connectivity index (χ2v) is 7.40. The fourth-order valence-corrected chi connectivity index (χ4v) is 3.63. The van der Waals surface area contributed by atoms with Crippen LogP contribution in [0.3, 0.4) is 0 Å². The standard InChI is InChI=1S/C17H34N2O/c1-13(2)15(14(3)4)11-19-16(20)10-17(12-18)8-6-5-7-9-17/h13-15H,5-12,18H2,1-4H3,(H,19,20). The summed E-state index contributed by atoms with van der Waals surface area (Å²) in [5, 5.41) is 3.16. The number of hydrogen-bond acceptors (Lipinski definition) is 2. The molecular weight excluding hydrogens is 248 g/mol. The predicted octanol–water partition coefficient (Wildman–Crippen LogP) is 3.33. The molecule has 3 heteroatoms. The van der Waals surface area contributed by atoms with Crippen LogP contribution in [0.15, 0.2) is 0 Å². The van der Waals surface area contributed by atoms with Crippen LogP contribution in [-0.2, 0) is 4.79 Å². The van der Waals surface area contributed by atoms with Crippen molar-refractivity contribution in [2.45, 2.75) is 66.2 Å². The van der Waals surface area contributed by atoms with Crippen LogP contribution in [0.2, 0.25) is 0 Å². The van der Waals surface area contributed by atoms with Crippen molar-refractivity contribution in [1.82, 2.24) is 5.32 Å². The van der Waals surface area contributed by atoms with E-state index in [0.717, 1.165) is 19.4 Å². The van der Waals surface area contributed by atoms with Gasteiger partial charge in [0.25, 0.3) is 0 Å². The van der Waals surface area contributed by atoms with Crippen molar-refractivity contribution in [3.05, 3.63) is 0 Å². The van der Waals surface area contributed by atoms with Crippen molar-refractivity contribution >= 4 is 5.91 Å². The highest BCUT2D eigenvalue weighted by Gasteiger charge is 2.33. The summed E-state index contributed by atoms with van der Waals surface area (Å²) in [5.41, 5.74) is 6.04. The molecule has 118 valence electrons. The third kappa shape index (κ3) is 5.08. The average Bonchev–Trinajstić information content (AvgIpc) is 2.39. The van der Waals surface area contributed by atoms with Gasteiger partial charge in [-0.3, -0.25) is 4.79 Å². The number of carbonyl (C=O) groups excluding carboxylic acids is 1. The largest absolute Gasteiger partial charge is 0.356 e. The molecular formula is C17H34N2O. The lowest BCUT2D eigenvalue weighted by atomic mass is 9.71. The molecule has 0 unspecified atom stereocenters. The molecule has 0 atom stereocenters. The molecule has 1 fully saturated rings. The van der Waals surface area contributed by atoms with E-state index < -0.39 is 0 Å². The minimum atomic E-state index is 0.0769. The van der Waals surface area contributed by atoms with Crippen LogP contribution in [0.4, 0.5) is 0 Å². The third-order valence-corrected chi connectivity index (χ3v) is 5.13. The maximum absolute atomic E-state index is 12.3. The van der Waals surface area contributed by atoms with Crippen LogP contribution < -0.4 is 11.1 Å². The van der Waals surface area contributed by atoms with E-state index in [1.807, 2.05) is 0 Å². The van der Waals surface area contributed by atoms with Gasteiger partial charge < -0.3 is 11.1 Å². The first-order chi connectivity index (χ1) is 9.40. The van der Waals surface area contributed by atoms with Crippen molar-refractivity contribution < 1.29 is 4.79 Å². The lowest BCUT2D eigenvalue weighted by molar-refractivity contribution is -0.124. The van der Waals surface area contributed by atoms with E-state index in [2.05, 4.69) is 33.0 Å². The summed E-state index contributed by atoms with van der Waals surface area (Å²) in [4.78, 5) is 12.3. The molecule has 0 aromatic rings. The summed E-state index contributed by atoms with van der Waals surface area (Å²) in [6, 6.07) is 0. The molecule has 0 radical (unpaired) electrons. The normalized spacial score (nSPS) is 18.8. The number of amides is 1. The van der Waals surface area contributed by atoms with E-state index >= 15 is 0 Å². The van der Waals surface area contributed by atoms with Gasteiger partial charge in [0, 0.05) is 13.0 Å². The molecule has 20 heavy (non-hydrogen) atoms. The second-order valence-electron chi connectivity index (χ2n) is 7.40. The summed E-state index contributed by atoms with van der Waals surface area (Å²) >= 11 is 0. The number of nitrogens with two attached hydrogens (primary N) is 1. The van der Waals surface area contributed by atoms with Crippen molar-refractivity contribution in [3.8, 4) is 0 Å².